The van der Waals surface area contributed by atoms with E-state index in [4.69, 9.17) is 5.11 Å². The molecular weight excluding hydrogens is 390 g/mol. The number of aliphatic carboxylic acids is 1. The van der Waals surface area contributed by atoms with Crippen molar-refractivity contribution in [3.8, 4) is 11.1 Å². The highest BCUT2D eigenvalue weighted by atomic mass is 35.5. The van der Waals surface area contributed by atoms with Crippen LogP contribution in [0.15, 0.2) is 54.6 Å². The number of piperidine rings is 1. The zero-order chi connectivity index (χ0) is 19.9. The van der Waals surface area contributed by atoms with Crippen LogP contribution in [0.4, 0.5) is 5.69 Å². The second-order valence-corrected chi connectivity index (χ2v) is 7.28. The van der Waals surface area contributed by atoms with E-state index in [0.717, 1.165) is 42.7 Å². The van der Waals surface area contributed by atoms with Crippen molar-refractivity contribution in [1.82, 2.24) is 9.80 Å². The lowest BCUT2D eigenvalue weighted by molar-refractivity contribution is -0.138. The number of rotatable bonds is 7. The number of nitrogens with one attached hydrogen (secondary N) is 1. The zero-order valence-corrected chi connectivity index (χ0v) is 17.4. The molecule has 6 nitrogen and oxygen atoms in total. The van der Waals surface area contributed by atoms with E-state index in [1.807, 2.05) is 66.5 Å². The molecule has 1 heterocycles. The van der Waals surface area contributed by atoms with Gasteiger partial charge in [-0.3, -0.25) is 19.4 Å². The molecule has 0 saturated carbocycles. The molecule has 29 heavy (non-hydrogen) atoms. The maximum Gasteiger partial charge on any atom is 0.317 e. The van der Waals surface area contributed by atoms with Crippen LogP contribution in [0.25, 0.3) is 11.1 Å². The Bertz CT molecular complexity index is 808. The highest BCUT2D eigenvalue weighted by molar-refractivity contribution is 5.96. The lowest BCUT2D eigenvalue weighted by Crippen LogP contribution is -2.46. The Labute approximate surface area is 177 Å². The standard InChI is InChI=1S/C22H27N3O3.ClH/c1-24(16-22(27)28)18-11-13-25(14-12-18)15-21(26)23-20-10-6-5-9-19(20)17-7-3-2-4-8-17;/h2-10,18H,11-16H2,1H3,(H,23,26)(H,27,28);1H. The summed E-state index contributed by atoms with van der Waals surface area (Å²) in [6.45, 7) is 1.99. The van der Waals surface area contributed by atoms with Gasteiger partial charge in [0.1, 0.15) is 0 Å². The highest BCUT2D eigenvalue weighted by Gasteiger charge is 2.24. The number of benzene rings is 2. The molecule has 0 aliphatic carbocycles. The number of carbonyl (C=O) groups is 2. The van der Waals surface area contributed by atoms with Crippen LogP contribution in [-0.4, -0.2) is 66.1 Å². The Morgan fingerprint density at radius 1 is 1.07 bits per heavy atom. The molecule has 0 unspecified atom stereocenters. The summed E-state index contributed by atoms with van der Waals surface area (Å²) in [4.78, 5) is 27.5. The van der Waals surface area contributed by atoms with Crippen LogP contribution in [-0.2, 0) is 9.59 Å². The number of likely N-dealkylation sites (tertiary alicyclic amines) is 1. The molecule has 2 N–H and O–H groups in total. The van der Waals surface area contributed by atoms with Crippen LogP contribution in [0.1, 0.15) is 12.8 Å². The van der Waals surface area contributed by atoms with Gasteiger partial charge in [0.15, 0.2) is 0 Å². The van der Waals surface area contributed by atoms with Gasteiger partial charge < -0.3 is 10.4 Å². The Kier molecular flexibility index (Phi) is 8.64. The van der Waals surface area contributed by atoms with Crippen molar-refractivity contribution in [3.05, 3.63) is 54.6 Å². The second kappa shape index (κ2) is 11.0. The van der Waals surface area contributed by atoms with Gasteiger partial charge in [-0.15, -0.1) is 12.4 Å². The minimum Gasteiger partial charge on any atom is -0.480 e. The van der Waals surface area contributed by atoms with Crippen molar-refractivity contribution in [2.24, 2.45) is 0 Å². The highest BCUT2D eigenvalue weighted by Crippen LogP contribution is 2.27. The molecule has 1 amide bonds. The van der Waals surface area contributed by atoms with Crippen molar-refractivity contribution >= 4 is 30.0 Å². The molecule has 0 atom stereocenters. The zero-order valence-electron chi connectivity index (χ0n) is 16.6. The predicted octanol–water partition coefficient (Wildman–Crippen LogP) is 3.19. The molecule has 1 fully saturated rings. The molecule has 0 spiro atoms. The number of carbonyl (C=O) groups excluding carboxylic acids is 1. The summed E-state index contributed by atoms with van der Waals surface area (Å²) in [5.41, 5.74) is 2.89. The summed E-state index contributed by atoms with van der Waals surface area (Å²) in [6, 6.07) is 18.1. The fourth-order valence-corrected chi connectivity index (χ4v) is 3.72. The quantitative estimate of drug-likeness (QED) is 0.723. The van der Waals surface area contributed by atoms with E-state index in [1.165, 1.54) is 0 Å². The first-order valence-corrected chi connectivity index (χ1v) is 9.61. The average molecular weight is 418 g/mol. The summed E-state index contributed by atoms with van der Waals surface area (Å²) in [6.07, 6.45) is 1.75. The molecule has 7 heteroatoms. The number of anilines is 1. The number of amides is 1. The number of carboxylic acids is 1. The van der Waals surface area contributed by atoms with Gasteiger partial charge in [-0.2, -0.15) is 0 Å². The summed E-state index contributed by atoms with van der Waals surface area (Å²) in [7, 11) is 1.85. The third-order valence-corrected chi connectivity index (χ3v) is 5.22. The topological polar surface area (TPSA) is 72.9 Å². The van der Waals surface area contributed by atoms with Crippen LogP contribution in [0, 0.1) is 0 Å². The van der Waals surface area contributed by atoms with E-state index in [2.05, 4.69) is 10.2 Å². The van der Waals surface area contributed by atoms with E-state index < -0.39 is 5.97 Å². The Morgan fingerprint density at radius 3 is 2.34 bits per heavy atom. The molecule has 0 radical (unpaired) electrons. The maximum atomic E-state index is 12.6. The smallest absolute Gasteiger partial charge is 0.317 e. The SMILES string of the molecule is CN(CC(=O)O)C1CCN(CC(=O)Nc2ccccc2-c2ccccc2)CC1.Cl. The Balaban J connectivity index is 0.00000300. The van der Waals surface area contributed by atoms with Crippen molar-refractivity contribution in [2.45, 2.75) is 18.9 Å². The average Bonchev–Trinajstić information content (AvgIpc) is 2.69. The number of hydrogen-bond acceptors (Lipinski definition) is 4. The monoisotopic (exact) mass is 417 g/mol. The van der Waals surface area contributed by atoms with Gasteiger partial charge in [0.2, 0.25) is 5.91 Å². The number of carboxylic acid groups (broad SMARTS) is 1. The number of likely N-dealkylation sites (N-methyl/N-ethyl adjacent to an activating group) is 1. The van der Waals surface area contributed by atoms with Gasteiger partial charge in [-0.1, -0.05) is 48.5 Å². The van der Waals surface area contributed by atoms with Gasteiger partial charge in [0.05, 0.1) is 13.1 Å². The molecule has 3 rings (SSSR count). The van der Waals surface area contributed by atoms with Crippen molar-refractivity contribution in [1.29, 1.82) is 0 Å². The van der Waals surface area contributed by atoms with E-state index in [-0.39, 0.29) is 30.9 Å². The first kappa shape index (κ1) is 22.9. The molecule has 2 aromatic carbocycles. The largest absolute Gasteiger partial charge is 0.480 e. The number of hydrogen-bond donors (Lipinski definition) is 2. The summed E-state index contributed by atoms with van der Waals surface area (Å²) >= 11 is 0. The van der Waals surface area contributed by atoms with Crippen molar-refractivity contribution < 1.29 is 14.7 Å². The van der Waals surface area contributed by atoms with E-state index in [1.54, 1.807) is 0 Å². The molecule has 2 aromatic rings. The third kappa shape index (κ3) is 6.56. The van der Waals surface area contributed by atoms with Crippen LogP contribution in [0.3, 0.4) is 0 Å². The fourth-order valence-electron chi connectivity index (χ4n) is 3.72. The van der Waals surface area contributed by atoms with Gasteiger partial charge in [0, 0.05) is 30.4 Å². The Hall–Kier alpha value is -2.41. The third-order valence-electron chi connectivity index (χ3n) is 5.22. The number of halogens is 1. The van der Waals surface area contributed by atoms with Gasteiger partial charge in [0.25, 0.3) is 0 Å². The summed E-state index contributed by atoms with van der Waals surface area (Å²) in [5, 5.41) is 12.0. The molecule has 1 aliphatic heterocycles. The fraction of sp³-hybridized carbons (Fsp3) is 0.364. The Morgan fingerprint density at radius 2 is 1.69 bits per heavy atom. The first-order chi connectivity index (χ1) is 13.5. The second-order valence-electron chi connectivity index (χ2n) is 7.28. The molecule has 156 valence electrons. The van der Waals surface area contributed by atoms with Crippen LogP contribution in [0.2, 0.25) is 0 Å². The molecule has 1 aliphatic rings. The normalized spacial score (nSPS) is 15.0. The van der Waals surface area contributed by atoms with E-state index in [9.17, 15) is 9.59 Å². The number of para-hydroxylation sites is 1. The maximum absolute atomic E-state index is 12.6. The minimum atomic E-state index is -0.804. The van der Waals surface area contributed by atoms with Gasteiger partial charge >= 0.3 is 5.97 Å². The van der Waals surface area contributed by atoms with E-state index in [0.29, 0.717) is 6.54 Å². The van der Waals surface area contributed by atoms with Gasteiger partial charge in [-0.25, -0.2) is 0 Å². The minimum absolute atomic E-state index is 0. The van der Waals surface area contributed by atoms with Crippen LogP contribution in [0.5, 0.6) is 0 Å². The van der Waals surface area contributed by atoms with E-state index >= 15 is 0 Å². The number of nitrogens with zero attached hydrogens (tertiary/aromatic N) is 2. The van der Waals surface area contributed by atoms with Crippen molar-refractivity contribution in [2.75, 3.05) is 38.5 Å². The van der Waals surface area contributed by atoms with Gasteiger partial charge in [-0.05, 0) is 31.5 Å². The molecule has 1 saturated heterocycles. The summed E-state index contributed by atoms with van der Waals surface area (Å²) in [5.74, 6) is -0.831. The lowest BCUT2D eigenvalue weighted by atomic mass is 10.0. The first-order valence-electron chi connectivity index (χ1n) is 9.61. The molecule has 0 aromatic heterocycles. The summed E-state index contributed by atoms with van der Waals surface area (Å²) < 4.78 is 0. The van der Waals surface area contributed by atoms with Crippen molar-refractivity contribution in [3.63, 3.8) is 0 Å². The molecule has 0 bridgehead atoms. The van der Waals surface area contributed by atoms with Crippen LogP contribution >= 0.6 is 12.4 Å². The molecular formula is C22H28ClN3O3. The predicted molar refractivity (Wildman–Crippen MR) is 117 cm³/mol. The lowest BCUT2D eigenvalue weighted by Gasteiger charge is -2.35. The van der Waals surface area contributed by atoms with Crippen LogP contribution < -0.4 is 5.32 Å².